The van der Waals surface area contributed by atoms with Crippen LogP contribution in [0.15, 0.2) is 42.2 Å². The van der Waals surface area contributed by atoms with Crippen molar-refractivity contribution >= 4 is 17.5 Å². The number of benzene rings is 1. The van der Waals surface area contributed by atoms with E-state index < -0.39 is 65.1 Å². The lowest BCUT2D eigenvalue weighted by atomic mass is 10.0. The molecule has 0 spiro atoms. The zero-order valence-corrected chi connectivity index (χ0v) is 22.9. The van der Waals surface area contributed by atoms with Crippen LogP contribution in [-0.4, -0.2) is 55.6 Å². The summed E-state index contributed by atoms with van der Waals surface area (Å²) in [6, 6.07) is 3.71. The molecule has 1 fully saturated rings. The van der Waals surface area contributed by atoms with Gasteiger partial charge in [0.25, 0.3) is 11.8 Å². The lowest BCUT2D eigenvalue weighted by molar-refractivity contribution is -0.350. The van der Waals surface area contributed by atoms with Gasteiger partial charge < -0.3 is 10.1 Å². The minimum atomic E-state index is -7.43. The number of carbonyl (C=O) groups excluding carboxylic acids is 1. The van der Waals surface area contributed by atoms with Crippen molar-refractivity contribution in [2.24, 2.45) is 7.05 Å². The average Bonchev–Trinajstić information content (AvgIpc) is 3.47. The van der Waals surface area contributed by atoms with Crippen LogP contribution in [0.25, 0.3) is 16.9 Å². The Morgan fingerprint density at radius 1 is 0.957 bits per heavy atom. The minimum Gasteiger partial charge on any atom is -0.409 e. The molecular weight excluding hydrogens is 692 g/mol. The summed E-state index contributed by atoms with van der Waals surface area (Å²) >= 11 is 6.06. The zero-order chi connectivity index (χ0) is 34.8. The average molecular weight is 706 g/mol. The molecule has 0 bridgehead atoms. The number of aromatic nitrogens is 4. The van der Waals surface area contributed by atoms with E-state index in [0.717, 1.165) is 25.2 Å². The molecule has 1 atom stereocenters. The van der Waals surface area contributed by atoms with Crippen molar-refractivity contribution in [1.29, 1.82) is 0 Å². The molecule has 1 unspecified atom stereocenters. The number of alkyl halides is 12. The highest BCUT2D eigenvalue weighted by atomic mass is 35.5. The smallest absolute Gasteiger partial charge is 0.409 e. The van der Waals surface area contributed by atoms with Crippen LogP contribution in [0.5, 0.6) is 5.88 Å². The summed E-state index contributed by atoms with van der Waals surface area (Å²) < 4.78 is 194. The van der Waals surface area contributed by atoms with Crippen LogP contribution in [0.3, 0.4) is 0 Å². The molecule has 1 amide bonds. The molecule has 1 N–H and O–H groups in total. The van der Waals surface area contributed by atoms with Crippen molar-refractivity contribution in [2.45, 2.75) is 49.2 Å². The molecule has 1 saturated carbocycles. The topological polar surface area (TPSA) is 74.0 Å². The number of aryl methyl sites for hydroxylation is 1. The number of nitrogens with one attached hydrogen (secondary N) is 1. The second-order valence-corrected chi connectivity index (χ2v) is 10.0. The summed E-state index contributed by atoms with van der Waals surface area (Å²) in [7, 11) is 0.593. The first-order valence-corrected chi connectivity index (χ1v) is 12.5. The van der Waals surface area contributed by atoms with Crippen molar-refractivity contribution in [2.75, 3.05) is 0 Å². The van der Waals surface area contributed by atoms with Crippen LogP contribution in [0.2, 0.25) is 5.02 Å². The molecule has 0 radical (unpaired) electrons. The van der Waals surface area contributed by atoms with Crippen molar-refractivity contribution in [3.05, 3.63) is 58.4 Å². The summed E-state index contributed by atoms with van der Waals surface area (Å²) in [6.45, 7) is 0. The van der Waals surface area contributed by atoms with Crippen molar-refractivity contribution in [1.82, 2.24) is 24.9 Å². The van der Waals surface area contributed by atoms with Gasteiger partial charge in [0.1, 0.15) is 0 Å². The molecule has 1 aliphatic rings. The Balaban J connectivity index is 1.80. The van der Waals surface area contributed by atoms with E-state index in [1.165, 1.54) is 18.2 Å². The van der Waals surface area contributed by atoms with Gasteiger partial charge in [0.2, 0.25) is 5.83 Å². The Labute approximate surface area is 251 Å². The Bertz CT molecular complexity index is 1690. The lowest BCUT2D eigenvalue weighted by Crippen LogP contribution is -2.59. The second kappa shape index (κ2) is 11.3. The third-order valence-corrected chi connectivity index (χ3v) is 6.61. The van der Waals surface area contributed by atoms with Crippen molar-refractivity contribution < 1.29 is 71.0 Å². The molecule has 252 valence electrons. The van der Waals surface area contributed by atoms with Gasteiger partial charge >= 0.3 is 30.3 Å². The Kier molecular flexibility index (Phi) is 8.58. The molecule has 1 aromatic carbocycles. The predicted octanol–water partition coefficient (Wildman–Crippen LogP) is 7.79. The van der Waals surface area contributed by atoms with E-state index in [-0.39, 0.29) is 32.4 Å². The fourth-order valence-electron chi connectivity index (χ4n) is 3.92. The summed E-state index contributed by atoms with van der Waals surface area (Å²) in [5.74, 6) is -13.9. The van der Waals surface area contributed by atoms with Gasteiger partial charge in [0.15, 0.2) is 17.2 Å². The molecule has 4 rings (SSSR count). The van der Waals surface area contributed by atoms with E-state index in [4.69, 9.17) is 11.6 Å². The highest BCUT2D eigenvalue weighted by Gasteiger charge is 2.79. The van der Waals surface area contributed by atoms with E-state index >= 15 is 0 Å². The summed E-state index contributed by atoms with van der Waals surface area (Å²) in [5, 5.41) is 9.09. The number of ether oxygens (including phenoxy) is 1. The van der Waals surface area contributed by atoms with Gasteiger partial charge in [-0.25, -0.2) is 18.1 Å². The van der Waals surface area contributed by atoms with Gasteiger partial charge in [0, 0.05) is 24.8 Å². The number of rotatable bonds is 8. The fourth-order valence-corrected chi connectivity index (χ4v) is 4.12. The van der Waals surface area contributed by atoms with Crippen LogP contribution in [0.4, 0.5) is 61.5 Å². The normalized spacial score (nSPS) is 16.6. The largest absolute Gasteiger partial charge is 0.450 e. The first-order chi connectivity index (χ1) is 20.9. The SMILES string of the molecule is Cn1nc(OC(F)(F)C(F)(C(F)=C(F)C(F)(F)F)C(F)(F)F)c(C(F)(F)F)c1-n1cc(-c2ccc(Cl)c(C(=O)NC3CC3)c2)cn1. The molecule has 0 saturated heterocycles. The molecule has 1 aliphatic carbocycles. The lowest BCUT2D eigenvalue weighted by Gasteiger charge is -2.32. The van der Waals surface area contributed by atoms with E-state index in [9.17, 15) is 66.3 Å². The van der Waals surface area contributed by atoms with Crippen LogP contribution >= 0.6 is 11.6 Å². The van der Waals surface area contributed by atoms with Crippen LogP contribution in [0, 0.1) is 0 Å². The van der Waals surface area contributed by atoms with E-state index in [1.807, 2.05) is 0 Å². The predicted molar refractivity (Wildman–Crippen MR) is 127 cm³/mol. The summed E-state index contributed by atoms with van der Waals surface area (Å²) in [6.07, 6.45) is -24.0. The van der Waals surface area contributed by atoms with Gasteiger partial charge in [-0.2, -0.15) is 57.8 Å². The van der Waals surface area contributed by atoms with Gasteiger partial charge in [-0.15, -0.1) is 5.10 Å². The molecular formula is C24H14ClF14N5O2. The number of hydrogen-bond acceptors (Lipinski definition) is 4. The van der Waals surface area contributed by atoms with E-state index in [0.29, 0.717) is 11.7 Å². The Hall–Kier alpha value is -4.04. The molecule has 2 aromatic heterocycles. The van der Waals surface area contributed by atoms with Gasteiger partial charge in [-0.1, -0.05) is 17.7 Å². The Morgan fingerprint density at radius 2 is 1.57 bits per heavy atom. The molecule has 0 aliphatic heterocycles. The van der Waals surface area contributed by atoms with Crippen molar-refractivity contribution in [3.8, 4) is 22.8 Å². The van der Waals surface area contributed by atoms with E-state index in [1.54, 1.807) is 0 Å². The van der Waals surface area contributed by atoms with Crippen LogP contribution in [-0.2, 0) is 13.2 Å². The monoisotopic (exact) mass is 705 g/mol. The number of carbonyl (C=O) groups is 1. The maximum atomic E-state index is 14.6. The fraction of sp³-hybridized carbons (Fsp3) is 0.375. The highest BCUT2D eigenvalue weighted by Crippen LogP contribution is 2.54. The summed E-state index contributed by atoms with van der Waals surface area (Å²) in [4.78, 5) is 12.5. The Morgan fingerprint density at radius 3 is 2.09 bits per heavy atom. The summed E-state index contributed by atoms with van der Waals surface area (Å²) in [5.41, 5.74) is -9.74. The third kappa shape index (κ3) is 6.32. The zero-order valence-electron chi connectivity index (χ0n) is 22.2. The van der Waals surface area contributed by atoms with Crippen LogP contribution in [0.1, 0.15) is 28.8 Å². The number of nitrogens with zero attached hydrogens (tertiary/aromatic N) is 4. The van der Waals surface area contributed by atoms with Gasteiger partial charge in [0.05, 0.1) is 16.8 Å². The number of hydrogen-bond donors (Lipinski definition) is 1. The third-order valence-electron chi connectivity index (χ3n) is 6.29. The highest BCUT2D eigenvalue weighted by molar-refractivity contribution is 6.34. The van der Waals surface area contributed by atoms with Crippen LogP contribution < -0.4 is 10.1 Å². The molecule has 7 nitrogen and oxygen atoms in total. The number of amides is 1. The van der Waals surface area contributed by atoms with Gasteiger partial charge in [-0.3, -0.25) is 4.79 Å². The van der Waals surface area contributed by atoms with Gasteiger partial charge in [-0.05, 0) is 30.5 Å². The molecule has 22 heteroatoms. The first kappa shape index (κ1) is 34.8. The maximum Gasteiger partial charge on any atom is 0.450 e. The van der Waals surface area contributed by atoms with Crippen molar-refractivity contribution in [3.63, 3.8) is 0 Å². The quantitative estimate of drug-likeness (QED) is 0.243. The first-order valence-electron chi connectivity index (χ1n) is 12.2. The number of allylic oxidation sites excluding steroid dienone is 1. The van der Waals surface area contributed by atoms with E-state index in [2.05, 4.69) is 20.3 Å². The molecule has 46 heavy (non-hydrogen) atoms. The second-order valence-electron chi connectivity index (χ2n) is 9.64. The maximum absolute atomic E-state index is 14.6. The minimum absolute atomic E-state index is 0.00723. The standard InChI is InChI=1S/C24H14ClF14N5O2/c1-43-19(44-8-10(7-40-44)9-2-5-13(25)12(6-9)17(45)41-11-3-4-11)14(21(29,30)31)18(42-43)46-24(38,39)20(28,23(35,36)37)15(26)16(27)22(32,33)34/h2,5-8,11H,3-4H2,1H3,(H,41,45). The number of halogens is 15. The molecule has 2 heterocycles. The molecule has 3 aromatic rings.